The molecule has 0 fully saturated rings. The molecule has 0 saturated heterocycles. The summed E-state index contributed by atoms with van der Waals surface area (Å²) in [7, 11) is 0. The van der Waals surface area contributed by atoms with Crippen LogP contribution in [-0.4, -0.2) is 77.0 Å². The predicted octanol–water partition coefficient (Wildman–Crippen LogP) is -2.09. The largest absolute Gasteiger partial charge is 0.294 e. The number of imide groups is 2. The van der Waals surface area contributed by atoms with Gasteiger partial charge in [-0.1, -0.05) is 0 Å². The second-order valence-electron chi connectivity index (χ2n) is 5.87. The van der Waals surface area contributed by atoms with E-state index in [1.807, 2.05) is 5.43 Å². The van der Waals surface area contributed by atoms with Crippen LogP contribution in [0.3, 0.4) is 0 Å². The first-order valence-corrected chi connectivity index (χ1v) is 8.21. The fraction of sp³-hybridized carbons (Fsp3) is 0.438. The van der Waals surface area contributed by atoms with Gasteiger partial charge in [-0.2, -0.15) is 0 Å². The summed E-state index contributed by atoms with van der Waals surface area (Å²) in [5.41, 5.74) is 2.05. The highest BCUT2D eigenvalue weighted by atomic mass is 16.2. The molecule has 0 aromatic carbocycles. The van der Waals surface area contributed by atoms with Gasteiger partial charge >= 0.3 is 0 Å². The number of nitrogens with two attached hydrogens (primary N) is 1. The summed E-state index contributed by atoms with van der Waals surface area (Å²) in [5, 5.41) is 0. The van der Waals surface area contributed by atoms with Crippen molar-refractivity contribution >= 4 is 29.5 Å². The summed E-state index contributed by atoms with van der Waals surface area (Å²) < 4.78 is 0. The molecule has 0 atom stereocenters. The fourth-order valence-electron chi connectivity index (χ4n) is 2.73. The topological polar surface area (TPSA) is 133 Å². The zero-order valence-corrected chi connectivity index (χ0v) is 14.2. The van der Waals surface area contributed by atoms with Crippen LogP contribution in [0.1, 0.15) is 12.8 Å². The summed E-state index contributed by atoms with van der Waals surface area (Å²) in [6.45, 7) is 1.43. The average molecular weight is 363 g/mol. The Morgan fingerprint density at radius 2 is 1.23 bits per heavy atom. The maximum Gasteiger partial charge on any atom is 0.253 e. The number of rotatable bonds is 10. The summed E-state index contributed by atoms with van der Waals surface area (Å²) >= 11 is 0. The number of nitrogens with one attached hydrogen (secondary N) is 1. The van der Waals surface area contributed by atoms with Gasteiger partial charge in [0.15, 0.2) is 0 Å². The quantitative estimate of drug-likeness (QED) is 0.197. The molecule has 0 aromatic heterocycles. The average Bonchev–Trinajstić information content (AvgIpc) is 3.10. The molecule has 0 aromatic rings. The Labute approximate surface area is 150 Å². The summed E-state index contributed by atoms with van der Waals surface area (Å²) in [6, 6.07) is 0. The van der Waals surface area contributed by atoms with Crippen LogP contribution < -0.4 is 11.3 Å². The van der Waals surface area contributed by atoms with Gasteiger partial charge < -0.3 is 0 Å². The zero-order chi connectivity index (χ0) is 19.1. The molecule has 0 spiro atoms. The molecule has 10 nitrogen and oxygen atoms in total. The van der Waals surface area contributed by atoms with Crippen molar-refractivity contribution in [2.45, 2.75) is 12.8 Å². The minimum absolute atomic E-state index is 0.0385. The minimum atomic E-state index is -0.380. The van der Waals surface area contributed by atoms with Gasteiger partial charge in [-0.15, -0.1) is 0 Å². The highest BCUT2D eigenvalue weighted by molar-refractivity contribution is 6.13. The summed E-state index contributed by atoms with van der Waals surface area (Å²) in [5.74, 6) is 3.34. The molecule has 0 unspecified atom stereocenters. The summed E-state index contributed by atoms with van der Waals surface area (Å²) in [4.78, 5) is 61.6. The third kappa shape index (κ3) is 5.07. The standard InChI is InChI=1S/C16H21N5O5/c17-18-12(22)11-19(7-1-9-20-13(23)3-4-14(20)24)8-2-10-21-15(25)5-6-16(21)26/h3-6H,1-2,7-11,17H2,(H,18,22). The Morgan fingerprint density at radius 1 is 0.846 bits per heavy atom. The Bertz CT molecular complexity index is 588. The van der Waals surface area contributed by atoms with Crippen molar-refractivity contribution in [1.29, 1.82) is 0 Å². The number of hydrazine groups is 1. The molecule has 10 heteroatoms. The van der Waals surface area contributed by atoms with Gasteiger partial charge in [-0.3, -0.25) is 44.1 Å². The monoisotopic (exact) mass is 363 g/mol. The van der Waals surface area contributed by atoms with Gasteiger partial charge in [-0.25, -0.2) is 5.84 Å². The van der Waals surface area contributed by atoms with Crippen LogP contribution in [0, 0.1) is 0 Å². The Morgan fingerprint density at radius 3 is 1.58 bits per heavy atom. The van der Waals surface area contributed by atoms with E-state index in [1.54, 1.807) is 4.90 Å². The number of amides is 5. The fourth-order valence-corrected chi connectivity index (χ4v) is 2.73. The van der Waals surface area contributed by atoms with Gasteiger partial charge in [0.2, 0.25) is 5.91 Å². The molecule has 2 aliphatic rings. The zero-order valence-electron chi connectivity index (χ0n) is 14.2. The first-order valence-electron chi connectivity index (χ1n) is 8.21. The van der Waals surface area contributed by atoms with E-state index in [-0.39, 0.29) is 49.2 Å². The van der Waals surface area contributed by atoms with Gasteiger partial charge in [0, 0.05) is 50.5 Å². The first-order chi connectivity index (χ1) is 12.4. The van der Waals surface area contributed by atoms with E-state index in [4.69, 9.17) is 5.84 Å². The normalized spacial score (nSPS) is 16.5. The maximum absolute atomic E-state index is 11.5. The highest BCUT2D eigenvalue weighted by Crippen LogP contribution is 2.07. The van der Waals surface area contributed by atoms with Crippen molar-refractivity contribution in [3.05, 3.63) is 24.3 Å². The number of carbonyl (C=O) groups excluding carboxylic acids is 5. The molecule has 3 N–H and O–H groups in total. The predicted molar refractivity (Wildman–Crippen MR) is 89.7 cm³/mol. The molecular weight excluding hydrogens is 342 g/mol. The molecular formula is C16H21N5O5. The van der Waals surface area contributed by atoms with Crippen LogP contribution in [0.2, 0.25) is 0 Å². The first kappa shape index (κ1) is 19.5. The van der Waals surface area contributed by atoms with Gasteiger partial charge in [0.1, 0.15) is 0 Å². The molecule has 2 heterocycles. The molecule has 0 saturated carbocycles. The minimum Gasteiger partial charge on any atom is -0.294 e. The number of carbonyl (C=O) groups is 5. The molecule has 0 radical (unpaired) electrons. The van der Waals surface area contributed by atoms with Crippen molar-refractivity contribution in [3.63, 3.8) is 0 Å². The molecule has 0 bridgehead atoms. The van der Waals surface area contributed by atoms with E-state index in [2.05, 4.69) is 0 Å². The van der Waals surface area contributed by atoms with Crippen LogP contribution in [0.25, 0.3) is 0 Å². The lowest BCUT2D eigenvalue weighted by Gasteiger charge is -2.23. The Balaban J connectivity index is 1.78. The van der Waals surface area contributed by atoms with Gasteiger partial charge in [0.25, 0.3) is 23.6 Å². The smallest absolute Gasteiger partial charge is 0.253 e. The third-order valence-electron chi connectivity index (χ3n) is 4.04. The molecule has 140 valence electrons. The molecule has 5 amide bonds. The van der Waals surface area contributed by atoms with E-state index in [0.717, 1.165) is 9.80 Å². The van der Waals surface area contributed by atoms with Crippen LogP contribution in [0.5, 0.6) is 0 Å². The lowest BCUT2D eigenvalue weighted by atomic mass is 10.3. The lowest BCUT2D eigenvalue weighted by Crippen LogP contribution is -2.42. The van der Waals surface area contributed by atoms with Crippen LogP contribution in [0.15, 0.2) is 24.3 Å². The van der Waals surface area contributed by atoms with Crippen LogP contribution in [0.4, 0.5) is 0 Å². The van der Waals surface area contributed by atoms with Crippen molar-refractivity contribution in [2.24, 2.45) is 5.84 Å². The summed E-state index contributed by atoms with van der Waals surface area (Å²) in [6.07, 6.45) is 5.86. The van der Waals surface area contributed by atoms with Gasteiger partial charge in [0.05, 0.1) is 6.54 Å². The second-order valence-corrected chi connectivity index (χ2v) is 5.87. The number of hydrogen-bond donors (Lipinski definition) is 2. The van der Waals surface area contributed by atoms with E-state index in [0.29, 0.717) is 25.9 Å². The Kier molecular flexibility index (Phi) is 6.75. The SMILES string of the molecule is NNC(=O)CN(CCCN1C(=O)C=CC1=O)CCCN1C(=O)C=CC1=O. The molecule has 2 aliphatic heterocycles. The number of nitrogens with zero attached hydrogens (tertiary/aromatic N) is 3. The Hall–Kier alpha value is -2.85. The van der Waals surface area contributed by atoms with E-state index in [9.17, 15) is 24.0 Å². The third-order valence-corrected chi connectivity index (χ3v) is 4.04. The van der Waals surface area contributed by atoms with Crippen LogP contribution in [-0.2, 0) is 24.0 Å². The van der Waals surface area contributed by atoms with Crippen molar-refractivity contribution in [1.82, 2.24) is 20.1 Å². The van der Waals surface area contributed by atoms with Crippen molar-refractivity contribution < 1.29 is 24.0 Å². The maximum atomic E-state index is 11.5. The van der Waals surface area contributed by atoms with E-state index >= 15 is 0 Å². The van der Waals surface area contributed by atoms with Gasteiger partial charge in [-0.05, 0) is 12.8 Å². The second kappa shape index (κ2) is 9.02. The lowest BCUT2D eigenvalue weighted by molar-refractivity contribution is -0.138. The molecule has 26 heavy (non-hydrogen) atoms. The van der Waals surface area contributed by atoms with E-state index < -0.39 is 0 Å². The number of hydrogen-bond acceptors (Lipinski definition) is 7. The molecule has 2 rings (SSSR count). The van der Waals surface area contributed by atoms with Crippen LogP contribution >= 0.6 is 0 Å². The highest BCUT2D eigenvalue weighted by Gasteiger charge is 2.24. The van der Waals surface area contributed by atoms with E-state index in [1.165, 1.54) is 24.3 Å². The van der Waals surface area contributed by atoms with Crippen molar-refractivity contribution in [2.75, 3.05) is 32.7 Å². The van der Waals surface area contributed by atoms with Crippen molar-refractivity contribution in [3.8, 4) is 0 Å². The molecule has 0 aliphatic carbocycles.